The molecule has 0 amide bonds. The van der Waals surface area contributed by atoms with E-state index in [2.05, 4.69) is 70.7 Å². The van der Waals surface area contributed by atoms with E-state index in [1.54, 1.807) is 12.4 Å². The second-order valence-electron chi connectivity index (χ2n) is 19.7. The molecular weight excluding hydrogens is 1040 g/mol. The zero-order chi connectivity index (χ0) is 55.9. The van der Waals surface area contributed by atoms with E-state index in [0.717, 1.165) is 57.1 Å². The van der Waals surface area contributed by atoms with E-state index < -0.39 is 35.2 Å². The summed E-state index contributed by atoms with van der Waals surface area (Å²) in [5, 5.41) is 8.65. The third-order valence-corrected chi connectivity index (χ3v) is 13.6. The fourth-order valence-electron chi connectivity index (χ4n) is 10.6. The second-order valence-corrected chi connectivity index (χ2v) is 19.7. The first-order chi connectivity index (χ1) is 37.1. The molecule has 8 aromatic rings. The molecule has 0 spiro atoms. The largest absolute Gasteiger partial charge is 0.418 e. The summed E-state index contributed by atoms with van der Waals surface area (Å²) < 4.78 is 123. The molecule has 78 heavy (non-hydrogen) atoms. The third-order valence-electron chi connectivity index (χ3n) is 13.6. The third kappa shape index (κ3) is 13.1. The maximum Gasteiger partial charge on any atom is 0.418 e. The number of halogens is 9. The summed E-state index contributed by atoms with van der Waals surface area (Å²) in [5.74, 6) is 1.15. The van der Waals surface area contributed by atoms with Crippen molar-refractivity contribution < 1.29 is 49.1 Å². The number of carbonyl (C=O) groups excluding carboxylic acids is 2. The highest BCUT2D eigenvalue weighted by Gasteiger charge is 2.38. The zero-order valence-corrected chi connectivity index (χ0v) is 42.5. The lowest BCUT2D eigenvalue weighted by molar-refractivity contribution is -0.137. The van der Waals surface area contributed by atoms with Gasteiger partial charge in [0, 0.05) is 107 Å². The monoisotopic (exact) mass is 1090 g/mol. The molecular formula is C53H55F9N14O2. The molecule has 11 rings (SSSR count). The van der Waals surface area contributed by atoms with Crippen LogP contribution in [0.5, 0.6) is 0 Å². The van der Waals surface area contributed by atoms with Gasteiger partial charge < -0.3 is 20.4 Å². The minimum atomic E-state index is -4.46. The fraction of sp³-hybridized carbons (Fsp3) is 0.396. The number of hydrogen-bond acceptors (Lipinski definition) is 14. The molecule has 0 radical (unpaired) electrons. The van der Waals surface area contributed by atoms with Gasteiger partial charge in [-0.1, -0.05) is 20.8 Å². The van der Waals surface area contributed by atoms with Gasteiger partial charge in [0.1, 0.15) is 33.1 Å². The summed E-state index contributed by atoms with van der Waals surface area (Å²) in [7, 11) is 0. The average molecular weight is 1090 g/mol. The molecule has 3 fully saturated rings. The van der Waals surface area contributed by atoms with Gasteiger partial charge in [-0.3, -0.25) is 48.9 Å². The molecule has 0 aliphatic carbocycles. The van der Waals surface area contributed by atoms with Crippen LogP contribution in [0.4, 0.5) is 56.6 Å². The number of fused-ring (bicyclic) bond motifs is 3. The van der Waals surface area contributed by atoms with Crippen molar-refractivity contribution in [3.63, 3.8) is 0 Å². The number of carbonyl (C=O) groups is 2. The Morgan fingerprint density at radius 2 is 0.744 bits per heavy atom. The number of hydrogen-bond donors (Lipinski definition) is 1. The maximum atomic E-state index is 13.3. The highest BCUT2D eigenvalue weighted by Crippen LogP contribution is 2.42. The Morgan fingerprint density at radius 3 is 1.03 bits per heavy atom. The first kappa shape index (κ1) is 56.4. The van der Waals surface area contributed by atoms with Crippen LogP contribution in [-0.4, -0.2) is 107 Å². The number of nitrogens with zero attached hydrogens (tertiary/aromatic N) is 13. The van der Waals surface area contributed by atoms with Crippen LogP contribution in [0.15, 0.2) is 110 Å². The van der Waals surface area contributed by atoms with Crippen molar-refractivity contribution in [3.8, 4) is 0 Å². The van der Waals surface area contributed by atoms with Gasteiger partial charge in [0.15, 0.2) is 12.6 Å². The van der Waals surface area contributed by atoms with Gasteiger partial charge in [-0.25, -0.2) is 0 Å². The predicted molar refractivity (Wildman–Crippen MR) is 274 cm³/mol. The van der Waals surface area contributed by atoms with Crippen LogP contribution in [0.3, 0.4) is 0 Å². The van der Waals surface area contributed by atoms with Crippen molar-refractivity contribution in [1.82, 2.24) is 49.5 Å². The Kier molecular flexibility index (Phi) is 17.2. The number of benzene rings is 3. The zero-order valence-electron chi connectivity index (χ0n) is 42.5. The minimum Gasteiger partial charge on any atom is -0.368 e. The molecule has 2 N–H and O–H groups in total. The molecule has 8 heterocycles. The number of aromatic nitrogens is 10. The minimum absolute atomic E-state index is 0.0118. The Balaban J connectivity index is 0.000000150. The standard InChI is InChI=1S/2C18H18F3N5.C15H17F3N4.C2H2O2/c2*1-12-9-13(26-8-2-5-24-26)11-25(10-12)15-4-3-14(18(19,20)21)16-17(15)23-7-6-22-16;1-9-6-10(19)8-22(7-9)12-3-2-11(15(16,17)18)13-14(12)21-5-4-20-13;3-1-2-4/h2*2-8,12-13H,9-11H2,1H3;2-5,9-10H,6-8,19H2,1H3;1-2H/t2*12-,13+;9-,10+;/m000./s1. The van der Waals surface area contributed by atoms with Crippen molar-refractivity contribution in [2.45, 2.75) is 76.7 Å². The molecule has 5 aromatic heterocycles. The summed E-state index contributed by atoms with van der Waals surface area (Å²) in [6.45, 7) is 10.6. The fourth-order valence-corrected chi connectivity index (χ4v) is 10.6. The lowest BCUT2D eigenvalue weighted by Crippen LogP contribution is -2.46. The van der Waals surface area contributed by atoms with Gasteiger partial charge >= 0.3 is 18.5 Å². The molecule has 412 valence electrons. The Labute approximate surface area is 441 Å². The molecule has 6 atom stereocenters. The normalized spacial score (nSPS) is 21.0. The van der Waals surface area contributed by atoms with Gasteiger partial charge in [0.05, 0.1) is 45.8 Å². The number of piperidine rings is 3. The number of aldehydes is 2. The van der Waals surface area contributed by atoms with E-state index in [9.17, 15) is 39.5 Å². The van der Waals surface area contributed by atoms with Crippen molar-refractivity contribution >= 4 is 62.7 Å². The van der Waals surface area contributed by atoms with Crippen LogP contribution in [-0.2, 0) is 28.1 Å². The lowest BCUT2D eigenvalue weighted by atomic mass is 9.95. The van der Waals surface area contributed by atoms with E-state index in [-0.39, 0.29) is 63.8 Å². The predicted octanol–water partition coefficient (Wildman–Crippen LogP) is 10.1. The first-order valence-corrected chi connectivity index (χ1v) is 24.9. The average Bonchev–Trinajstić information content (AvgIpc) is 4.26. The Hall–Kier alpha value is -7.83. The van der Waals surface area contributed by atoms with Crippen molar-refractivity contribution in [3.05, 3.63) is 127 Å². The first-order valence-electron chi connectivity index (χ1n) is 24.9. The van der Waals surface area contributed by atoms with Crippen molar-refractivity contribution in [2.75, 3.05) is 54.0 Å². The SMILES string of the molecule is C[C@H]1C[C@@H](N)CN(c2ccc(C(F)(F)F)c3nccnc23)C1.C[C@H]1C[C@@H](n2cccn2)CN(c2ccc(C(F)(F)F)c3nccnc23)C1.C[C@H]1C[C@@H](n2cccn2)CN(c2ccc(C(F)(F)F)c3nccnc23)C1.O=CC=O. The van der Waals surface area contributed by atoms with Crippen molar-refractivity contribution in [1.29, 1.82) is 0 Å². The smallest absolute Gasteiger partial charge is 0.368 e. The number of rotatable bonds is 6. The molecule has 25 heteroatoms. The van der Waals surface area contributed by atoms with Crippen LogP contribution in [0.2, 0.25) is 0 Å². The molecule has 3 aliphatic heterocycles. The Morgan fingerprint density at radius 1 is 0.436 bits per heavy atom. The number of alkyl halides is 9. The van der Waals surface area contributed by atoms with E-state index >= 15 is 0 Å². The molecule has 3 saturated heterocycles. The van der Waals surface area contributed by atoms with Crippen LogP contribution >= 0.6 is 0 Å². The van der Waals surface area contributed by atoms with Gasteiger partial charge in [-0.2, -0.15) is 49.7 Å². The molecule has 0 bridgehead atoms. The van der Waals surface area contributed by atoms with Gasteiger partial charge in [0.25, 0.3) is 0 Å². The van der Waals surface area contributed by atoms with Gasteiger partial charge in [0.2, 0.25) is 0 Å². The van der Waals surface area contributed by atoms with E-state index in [0.29, 0.717) is 54.5 Å². The molecule has 0 saturated carbocycles. The number of anilines is 3. The van der Waals surface area contributed by atoms with Crippen LogP contribution < -0.4 is 20.4 Å². The Bertz CT molecular complexity index is 3120. The topological polar surface area (TPSA) is 183 Å². The highest BCUT2D eigenvalue weighted by molar-refractivity contribution is 6.09. The van der Waals surface area contributed by atoms with Crippen LogP contribution in [0.25, 0.3) is 33.1 Å². The molecule has 0 unspecified atom stereocenters. The summed E-state index contributed by atoms with van der Waals surface area (Å²) in [6, 6.07) is 11.9. The highest BCUT2D eigenvalue weighted by atomic mass is 19.4. The van der Waals surface area contributed by atoms with Crippen LogP contribution in [0.1, 0.15) is 68.8 Å². The van der Waals surface area contributed by atoms with Crippen LogP contribution in [0, 0.1) is 17.8 Å². The quantitative estimate of drug-likeness (QED) is 0.0943. The van der Waals surface area contributed by atoms with Crippen molar-refractivity contribution in [2.24, 2.45) is 23.5 Å². The van der Waals surface area contributed by atoms with E-state index in [4.69, 9.17) is 15.3 Å². The molecule has 3 aromatic carbocycles. The lowest BCUT2D eigenvalue weighted by Gasteiger charge is -2.38. The van der Waals surface area contributed by atoms with Gasteiger partial charge in [-0.15, -0.1) is 0 Å². The van der Waals surface area contributed by atoms with Gasteiger partial charge in [-0.05, 0) is 85.5 Å². The van der Waals surface area contributed by atoms with E-state index in [1.165, 1.54) is 55.4 Å². The number of nitrogens with two attached hydrogens (primary N) is 1. The summed E-state index contributed by atoms with van der Waals surface area (Å²) in [4.78, 5) is 48.2. The van der Waals surface area contributed by atoms with E-state index in [1.807, 2.05) is 38.8 Å². The summed E-state index contributed by atoms with van der Waals surface area (Å²) in [5.41, 5.74) is 6.34. The maximum absolute atomic E-state index is 13.3. The second kappa shape index (κ2) is 23.8. The summed E-state index contributed by atoms with van der Waals surface area (Å²) >= 11 is 0. The molecule has 3 aliphatic rings. The summed E-state index contributed by atoms with van der Waals surface area (Å²) in [6.07, 6.45) is 5.38. The molecule has 16 nitrogen and oxygen atoms in total.